The Labute approximate surface area is 139 Å². The van der Waals surface area contributed by atoms with Crippen LogP contribution in [-0.2, 0) is 22.4 Å². The summed E-state index contributed by atoms with van der Waals surface area (Å²) in [7, 11) is 0. The van der Waals surface area contributed by atoms with E-state index in [1.54, 1.807) is 12.1 Å². The number of nitrogens with one attached hydrogen (secondary N) is 2. The van der Waals surface area contributed by atoms with Crippen LogP contribution in [0.3, 0.4) is 0 Å². The van der Waals surface area contributed by atoms with E-state index in [4.69, 9.17) is 0 Å². The summed E-state index contributed by atoms with van der Waals surface area (Å²) >= 11 is 0. The topological polar surface area (TPSA) is 101 Å². The number of carbonyl (C=O) groups excluding carboxylic acids is 2. The molecule has 0 fully saturated rings. The van der Waals surface area contributed by atoms with Crippen molar-refractivity contribution in [1.82, 2.24) is 0 Å². The van der Waals surface area contributed by atoms with E-state index in [9.17, 15) is 28.5 Å². The van der Waals surface area contributed by atoms with Crippen LogP contribution in [0.2, 0.25) is 0 Å². The molecule has 0 saturated carbocycles. The van der Waals surface area contributed by atoms with Crippen LogP contribution in [0.4, 0.5) is 25.8 Å². The third-order valence-electron chi connectivity index (χ3n) is 3.70. The fourth-order valence-corrected chi connectivity index (χ4v) is 2.60. The first-order valence-electron chi connectivity index (χ1n) is 7.19. The van der Waals surface area contributed by atoms with E-state index in [2.05, 4.69) is 10.6 Å². The van der Waals surface area contributed by atoms with Gasteiger partial charge in [-0.25, -0.2) is 8.78 Å². The molecule has 7 nitrogen and oxygen atoms in total. The first-order chi connectivity index (χ1) is 11.8. The minimum atomic E-state index is -0.764. The number of hydrogen-bond donors (Lipinski definition) is 2. The van der Waals surface area contributed by atoms with Gasteiger partial charge in [-0.3, -0.25) is 19.7 Å². The number of halogens is 2. The van der Waals surface area contributed by atoms with Crippen LogP contribution in [0.1, 0.15) is 11.1 Å². The number of nitro groups is 1. The summed E-state index contributed by atoms with van der Waals surface area (Å²) in [6.07, 6.45) is 0.293. The lowest BCUT2D eigenvalue weighted by atomic mass is 10.1. The minimum Gasteiger partial charge on any atom is -0.323 e. The quantitative estimate of drug-likeness (QED) is 0.611. The van der Waals surface area contributed by atoms with Gasteiger partial charge in [-0.2, -0.15) is 0 Å². The molecule has 4 rings (SSSR count). The molecule has 2 aromatic carbocycles. The summed E-state index contributed by atoms with van der Waals surface area (Å²) in [4.78, 5) is 31.3. The van der Waals surface area contributed by atoms with Crippen molar-refractivity contribution in [2.75, 3.05) is 10.6 Å². The summed E-state index contributed by atoms with van der Waals surface area (Å²) in [6, 6.07) is 6.69. The number of nitrogens with zero attached hydrogens (tertiary/aromatic N) is 1. The van der Waals surface area contributed by atoms with Gasteiger partial charge >= 0.3 is 0 Å². The van der Waals surface area contributed by atoms with Gasteiger partial charge in [0.05, 0.1) is 35.2 Å². The average molecular weight is 347 g/mol. The van der Waals surface area contributed by atoms with Gasteiger partial charge in [-0.15, -0.1) is 0 Å². The zero-order valence-corrected chi connectivity index (χ0v) is 12.6. The fourth-order valence-electron chi connectivity index (χ4n) is 2.60. The first-order valence-corrected chi connectivity index (χ1v) is 7.19. The van der Waals surface area contributed by atoms with Crippen LogP contribution < -0.4 is 10.6 Å². The lowest BCUT2D eigenvalue weighted by molar-refractivity contribution is -0.385. The highest BCUT2D eigenvalue weighted by Gasteiger charge is 2.24. The number of carbonyl (C=O) groups is 2. The average Bonchev–Trinajstić information content (AvgIpc) is 3.10. The summed E-state index contributed by atoms with van der Waals surface area (Å²) < 4.78 is 26.0. The maximum absolute atomic E-state index is 13.2. The van der Waals surface area contributed by atoms with E-state index in [1.165, 1.54) is 12.1 Å². The second kappa shape index (κ2) is 6.27. The third kappa shape index (κ3) is 3.30. The van der Waals surface area contributed by atoms with Crippen molar-refractivity contribution in [1.29, 1.82) is 0 Å². The Balaban J connectivity index is 0.000000150. The van der Waals surface area contributed by atoms with E-state index in [-0.39, 0.29) is 35.4 Å². The zero-order chi connectivity index (χ0) is 18.1. The molecule has 0 unspecified atom stereocenters. The molecule has 9 heteroatoms. The second-order valence-electron chi connectivity index (χ2n) is 5.44. The Morgan fingerprint density at radius 1 is 0.920 bits per heavy atom. The summed E-state index contributed by atoms with van der Waals surface area (Å²) in [5.41, 5.74) is 1.15. The van der Waals surface area contributed by atoms with Gasteiger partial charge in [0.15, 0.2) is 5.82 Å². The van der Waals surface area contributed by atoms with Crippen molar-refractivity contribution in [3.63, 3.8) is 0 Å². The number of non-ortho nitro benzene ring substituents is 1. The number of nitro benzene ring substituents is 1. The number of benzene rings is 2. The summed E-state index contributed by atoms with van der Waals surface area (Å²) in [6.45, 7) is 0. The molecule has 0 spiro atoms. The van der Waals surface area contributed by atoms with Crippen LogP contribution in [-0.4, -0.2) is 16.7 Å². The van der Waals surface area contributed by atoms with E-state index in [0.717, 1.165) is 11.6 Å². The van der Waals surface area contributed by atoms with Crippen LogP contribution in [0.5, 0.6) is 0 Å². The summed E-state index contributed by atoms with van der Waals surface area (Å²) in [5, 5.41) is 15.1. The Morgan fingerprint density at radius 3 is 2.12 bits per heavy atom. The van der Waals surface area contributed by atoms with Gasteiger partial charge < -0.3 is 10.6 Å². The molecule has 0 radical (unpaired) electrons. The third-order valence-corrected chi connectivity index (χ3v) is 3.70. The molecule has 128 valence electrons. The van der Waals surface area contributed by atoms with E-state index < -0.39 is 10.7 Å². The molecule has 0 bridgehead atoms. The molecule has 2 aromatic rings. The van der Waals surface area contributed by atoms with Gasteiger partial charge in [0.2, 0.25) is 11.8 Å². The number of amides is 2. The van der Waals surface area contributed by atoms with Gasteiger partial charge in [0, 0.05) is 6.07 Å². The van der Waals surface area contributed by atoms with E-state index in [1.807, 2.05) is 0 Å². The van der Waals surface area contributed by atoms with Gasteiger partial charge in [-0.05, 0) is 17.2 Å². The molecule has 0 aromatic heterocycles. The maximum atomic E-state index is 13.2. The Hall–Kier alpha value is -3.36. The zero-order valence-electron chi connectivity index (χ0n) is 12.6. The smallest absolute Gasteiger partial charge is 0.272 e. The van der Waals surface area contributed by atoms with Crippen LogP contribution in [0.15, 0.2) is 30.3 Å². The number of fused-ring (bicyclic) bond motifs is 2. The highest BCUT2D eigenvalue weighted by molar-refractivity contribution is 6.00. The molecule has 2 aliphatic rings. The normalized spacial score (nSPS) is 14.0. The van der Waals surface area contributed by atoms with Crippen molar-refractivity contribution in [3.8, 4) is 0 Å². The largest absolute Gasteiger partial charge is 0.323 e. The second-order valence-corrected chi connectivity index (χ2v) is 5.44. The predicted molar refractivity (Wildman–Crippen MR) is 84.1 cm³/mol. The first kappa shape index (κ1) is 16.5. The number of rotatable bonds is 1. The van der Waals surface area contributed by atoms with Crippen molar-refractivity contribution < 1.29 is 23.3 Å². The number of hydrogen-bond acceptors (Lipinski definition) is 4. The fraction of sp³-hybridized carbons (Fsp3) is 0.125. The predicted octanol–water partition coefficient (Wildman–Crippen LogP) is 2.55. The molecular formula is C16H11F2N3O4. The molecule has 2 amide bonds. The van der Waals surface area contributed by atoms with E-state index in [0.29, 0.717) is 17.7 Å². The summed E-state index contributed by atoms with van der Waals surface area (Å²) in [5.74, 6) is -1.60. The standard InChI is InChI=1S/C8H5FN2O3.C8H6FNO/c9-6-3-5(11(13)14)1-4-2-7(12)10-8(4)6;9-6-3-1-2-5-4-7(11)10-8(5)6/h1,3H,2H2,(H,10,12);1-3H,4H2,(H,10,11). The monoisotopic (exact) mass is 347 g/mol. The Bertz CT molecular complexity index is 914. The van der Waals surface area contributed by atoms with Crippen molar-refractivity contribution in [2.24, 2.45) is 0 Å². The van der Waals surface area contributed by atoms with Gasteiger partial charge in [-0.1, -0.05) is 12.1 Å². The highest BCUT2D eigenvalue weighted by atomic mass is 19.1. The van der Waals surface area contributed by atoms with Crippen LogP contribution in [0.25, 0.3) is 0 Å². The van der Waals surface area contributed by atoms with Gasteiger partial charge in [0.25, 0.3) is 5.69 Å². The molecule has 0 atom stereocenters. The van der Waals surface area contributed by atoms with Crippen molar-refractivity contribution in [3.05, 3.63) is 63.2 Å². The van der Waals surface area contributed by atoms with Gasteiger partial charge in [0.1, 0.15) is 5.82 Å². The molecular weight excluding hydrogens is 336 g/mol. The molecule has 0 saturated heterocycles. The van der Waals surface area contributed by atoms with Crippen LogP contribution in [0, 0.1) is 21.7 Å². The highest BCUT2D eigenvalue weighted by Crippen LogP contribution is 2.30. The molecule has 2 heterocycles. The minimum absolute atomic E-state index is 0.00602. The lowest BCUT2D eigenvalue weighted by Crippen LogP contribution is -2.04. The van der Waals surface area contributed by atoms with Crippen molar-refractivity contribution >= 4 is 28.9 Å². The Morgan fingerprint density at radius 2 is 1.52 bits per heavy atom. The SMILES string of the molecule is O=C1Cc2cc([N+](=O)[O-])cc(F)c2N1.O=C1Cc2cccc(F)c2N1. The molecule has 25 heavy (non-hydrogen) atoms. The van der Waals surface area contributed by atoms with Crippen LogP contribution >= 0.6 is 0 Å². The van der Waals surface area contributed by atoms with E-state index >= 15 is 0 Å². The molecule has 2 N–H and O–H groups in total. The number of para-hydroxylation sites is 1. The maximum Gasteiger partial charge on any atom is 0.272 e. The Kier molecular flexibility index (Phi) is 4.14. The molecule has 0 aliphatic carbocycles. The lowest BCUT2D eigenvalue weighted by Gasteiger charge is -1.99. The molecule has 2 aliphatic heterocycles. The number of anilines is 2. The van der Waals surface area contributed by atoms with Crippen molar-refractivity contribution in [2.45, 2.75) is 12.8 Å².